The first-order chi connectivity index (χ1) is 11.9. The van der Waals surface area contributed by atoms with Gasteiger partial charge in [-0.2, -0.15) is 0 Å². The van der Waals surface area contributed by atoms with Crippen LogP contribution in [0.5, 0.6) is 0 Å². The molecule has 0 aliphatic carbocycles. The van der Waals surface area contributed by atoms with Gasteiger partial charge in [0.05, 0.1) is 14.1 Å². The third kappa shape index (κ3) is 3.41. The molecule has 3 nitrogen and oxygen atoms in total. The van der Waals surface area contributed by atoms with Crippen molar-refractivity contribution in [2.75, 3.05) is 14.1 Å². The summed E-state index contributed by atoms with van der Waals surface area (Å²) in [6.07, 6.45) is 4.28. The number of H-pyrrole nitrogens is 2. The van der Waals surface area contributed by atoms with Gasteiger partial charge < -0.3 is 14.5 Å². The Morgan fingerprint density at radius 1 is 0.760 bits per heavy atom. The van der Waals surface area contributed by atoms with Gasteiger partial charge in [0.15, 0.2) is 0 Å². The standard InChI is InChI=1S/C20H20Br2N3/c1-25(2,11-13-9-23-19-7-15(21)3-5-17(13)19)12-14-10-24-20-8-16(22)4-6-18(14)20/h3-10,23-24H,11-12H2,1-2H3/q+1. The SMILES string of the molecule is C[N+](C)(Cc1c[nH]c2cc(Br)ccc12)Cc1c[nH]c2cc(Br)ccc12. The highest BCUT2D eigenvalue weighted by atomic mass is 79.9. The number of aromatic amines is 2. The summed E-state index contributed by atoms with van der Waals surface area (Å²) in [6, 6.07) is 12.9. The van der Waals surface area contributed by atoms with E-state index in [1.807, 2.05) is 0 Å². The number of nitrogens with one attached hydrogen (secondary N) is 2. The molecule has 0 atom stereocenters. The lowest BCUT2D eigenvalue weighted by Gasteiger charge is -2.29. The average molecular weight is 462 g/mol. The summed E-state index contributed by atoms with van der Waals surface area (Å²) in [5, 5.41) is 2.61. The van der Waals surface area contributed by atoms with Crippen molar-refractivity contribution in [1.29, 1.82) is 0 Å². The minimum atomic E-state index is 0.895. The van der Waals surface area contributed by atoms with Gasteiger partial charge in [0.25, 0.3) is 0 Å². The van der Waals surface area contributed by atoms with E-state index < -0.39 is 0 Å². The van der Waals surface area contributed by atoms with Gasteiger partial charge in [-0.1, -0.05) is 44.0 Å². The zero-order valence-electron chi connectivity index (χ0n) is 14.2. The summed E-state index contributed by atoms with van der Waals surface area (Å²) >= 11 is 7.08. The molecule has 0 unspecified atom stereocenters. The Morgan fingerprint density at radius 2 is 1.20 bits per heavy atom. The molecule has 2 aromatic carbocycles. The van der Waals surface area contributed by atoms with E-state index in [1.165, 1.54) is 32.9 Å². The van der Waals surface area contributed by atoms with Gasteiger partial charge in [0.2, 0.25) is 0 Å². The lowest BCUT2D eigenvalue weighted by molar-refractivity contribution is -0.916. The second-order valence-corrected chi connectivity index (χ2v) is 9.09. The van der Waals surface area contributed by atoms with Crippen LogP contribution in [0.3, 0.4) is 0 Å². The third-order valence-electron chi connectivity index (χ3n) is 4.66. The molecule has 4 aromatic rings. The number of fused-ring (bicyclic) bond motifs is 2. The maximum absolute atomic E-state index is 3.54. The van der Waals surface area contributed by atoms with Crippen molar-refractivity contribution < 1.29 is 4.48 Å². The van der Waals surface area contributed by atoms with E-state index in [0.29, 0.717) is 0 Å². The largest absolute Gasteiger partial charge is 0.361 e. The summed E-state index contributed by atoms with van der Waals surface area (Å²) in [5.41, 5.74) is 5.08. The van der Waals surface area contributed by atoms with Crippen molar-refractivity contribution in [3.8, 4) is 0 Å². The highest BCUT2D eigenvalue weighted by molar-refractivity contribution is 9.10. The Labute approximate surface area is 163 Å². The van der Waals surface area contributed by atoms with Crippen LogP contribution in [0.4, 0.5) is 0 Å². The van der Waals surface area contributed by atoms with E-state index in [4.69, 9.17) is 0 Å². The van der Waals surface area contributed by atoms with Crippen molar-refractivity contribution >= 4 is 53.7 Å². The fraction of sp³-hybridized carbons (Fsp3) is 0.200. The highest BCUT2D eigenvalue weighted by Crippen LogP contribution is 2.28. The number of aromatic nitrogens is 2. The molecule has 0 saturated heterocycles. The predicted molar refractivity (Wildman–Crippen MR) is 112 cm³/mol. The molecule has 4 rings (SSSR count). The van der Waals surface area contributed by atoms with E-state index in [1.54, 1.807) is 0 Å². The van der Waals surface area contributed by atoms with Gasteiger partial charge in [0.1, 0.15) is 13.1 Å². The van der Waals surface area contributed by atoms with E-state index in [-0.39, 0.29) is 0 Å². The molecule has 2 N–H and O–H groups in total. The fourth-order valence-electron chi connectivity index (χ4n) is 3.56. The van der Waals surface area contributed by atoms with E-state index in [9.17, 15) is 0 Å². The number of hydrogen-bond acceptors (Lipinski definition) is 0. The molecule has 0 fully saturated rings. The Bertz CT molecular complexity index is 975. The molecule has 0 spiro atoms. The van der Waals surface area contributed by atoms with Gasteiger partial charge in [-0.15, -0.1) is 0 Å². The first-order valence-electron chi connectivity index (χ1n) is 8.24. The molecular weight excluding hydrogens is 442 g/mol. The lowest BCUT2D eigenvalue weighted by atomic mass is 10.1. The van der Waals surface area contributed by atoms with Crippen LogP contribution in [0, 0.1) is 0 Å². The van der Waals surface area contributed by atoms with E-state index in [2.05, 4.69) is 105 Å². The quantitative estimate of drug-likeness (QED) is 0.352. The van der Waals surface area contributed by atoms with E-state index >= 15 is 0 Å². The molecule has 5 heteroatoms. The molecule has 2 aromatic heterocycles. The molecule has 2 heterocycles. The van der Waals surface area contributed by atoms with Gasteiger partial charge in [-0.05, 0) is 24.3 Å². The molecule has 0 radical (unpaired) electrons. The van der Waals surface area contributed by atoms with Crippen LogP contribution in [-0.2, 0) is 13.1 Å². The second-order valence-electron chi connectivity index (χ2n) is 7.26. The maximum Gasteiger partial charge on any atom is 0.106 e. The van der Waals surface area contributed by atoms with Crippen LogP contribution in [0.15, 0.2) is 57.7 Å². The first kappa shape index (κ1) is 16.9. The van der Waals surface area contributed by atoms with Crippen LogP contribution in [-0.4, -0.2) is 28.5 Å². The summed E-state index contributed by atoms with van der Waals surface area (Å²) in [4.78, 5) is 6.79. The maximum atomic E-state index is 3.54. The van der Waals surface area contributed by atoms with Crippen LogP contribution >= 0.6 is 31.9 Å². The van der Waals surface area contributed by atoms with Gasteiger partial charge in [-0.3, -0.25) is 0 Å². The second kappa shape index (κ2) is 6.31. The van der Waals surface area contributed by atoms with Gasteiger partial charge in [0, 0.05) is 54.3 Å². The lowest BCUT2D eigenvalue weighted by Crippen LogP contribution is -2.37. The van der Waals surface area contributed by atoms with Crippen molar-refractivity contribution in [1.82, 2.24) is 9.97 Å². The molecule has 0 bridgehead atoms. The van der Waals surface area contributed by atoms with Gasteiger partial charge in [-0.25, -0.2) is 0 Å². The zero-order valence-corrected chi connectivity index (χ0v) is 17.4. The van der Waals surface area contributed by atoms with Crippen LogP contribution < -0.4 is 0 Å². The molecule has 0 aliphatic rings. The van der Waals surface area contributed by atoms with Crippen molar-refractivity contribution in [2.24, 2.45) is 0 Å². The number of nitrogens with zero attached hydrogens (tertiary/aromatic N) is 1. The zero-order chi connectivity index (χ0) is 17.6. The summed E-state index contributed by atoms with van der Waals surface area (Å²) in [7, 11) is 4.57. The topological polar surface area (TPSA) is 31.6 Å². The summed E-state index contributed by atoms with van der Waals surface area (Å²) in [5.74, 6) is 0. The molecular formula is C20H20Br2N3+. The van der Waals surface area contributed by atoms with E-state index in [0.717, 1.165) is 26.5 Å². The minimum absolute atomic E-state index is 0.895. The van der Waals surface area contributed by atoms with Crippen LogP contribution in [0.1, 0.15) is 11.1 Å². The highest BCUT2D eigenvalue weighted by Gasteiger charge is 2.21. The number of quaternary nitrogens is 1. The van der Waals surface area contributed by atoms with Crippen LogP contribution in [0.25, 0.3) is 21.8 Å². The molecule has 128 valence electrons. The Hall–Kier alpha value is -1.56. The predicted octanol–water partition coefficient (Wildman–Crippen LogP) is 5.95. The fourth-order valence-corrected chi connectivity index (χ4v) is 4.28. The van der Waals surface area contributed by atoms with Gasteiger partial charge >= 0.3 is 0 Å². The number of hydrogen-bond donors (Lipinski definition) is 2. The normalized spacial score (nSPS) is 12.3. The number of halogens is 2. The minimum Gasteiger partial charge on any atom is -0.361 e. The first-order valence-corrected chi connectivity index (χ1v) is 9.83. The number of rotatable bonds is 4. The smallest absolute Gasteiger partial charge is 0.106 e. The summed E-state index contributed by atoms with van der Waals surface area (Å²) < 4.78 is 3.10. The average Bonchev–Trinajstić information content (AvgIpc) is 3.10. The number of benzene rings is 2. The molecule has 0 saturated carbocycles. The molecule has 0 amide bonds. The third-order valence-corrected chi connectivity index (χ3v) is 5.64. The Morgan fingerprint density at radius 3 is 1.64 bits per heavy atom. The monoisotopic (exact) mass is 460 g/mol. The van der Waals surface area contributed by atoms with Crippen molar-refractivity contribution in [2.45, 2.75) is 13.1 Å². The van der Waals surface area contributed by atoms with Crippen molar-refractivity contribution in [3.05, 3.63) is 68.9 Å². The Kier molecular flexibility index (Phi) is 4.26. The van der Waals surface area contributed by atoms with Crippen molar-refractivity contribution in [3.63, 3.8) is 0 Å². The summed E-state index contributed by atoms with van der Waals surface area (Å²) in [6.45, 7) is 1.95. The Balaban J connectivity index is 1.62. The molecule has 0 aliphatic heterocycles. The van der Waals surface area contributed by atoms with Crippen LogP contribution in [0.2, 0.25) is 0 Å². The molecule has 25 heavy (non-hydrogen) atoms.